The lowest BCUT2D eigenvalue weighted by Gasteiger charge is -2.07. The minimum Gasteiger partial charge on any atom is -0.478 e. The number of fused-ring (bicyclic) bond motifs is 1. The highest BCUT2D eigenvalue weighted by atomic mass is 16.4. The highest BCUT2D eigenvalue weighted by molar-refractivity contribution is 5.88. The summed E-state index contributed by atoms with van der Waals surface area (Å²) in [6.45, 7) is 0. The third kappa shape index (κ3) is 2.16. The van der Waals surface area contributed by atoms with E-state index in [0.717, 1.165) is 0 Å². The standard InChI is InChI=1S/C15H11N3O3/c1-18-13-11(3-2-8-16-13)17-12(14(18)19)9-4-6-10(7-5-9)15(20)21/h2-8H,1H3,(H,20,21). The number of hydrogen-bond acceptors (Lipinski definition) is 4. The quantitative estimate of drug-likeness (QED) is 0.772. The van der Waals surface area contributed by atoms with E-state index in [9.17, 15) is 9.59 Å². The molecule has 0 atom stereocenters. The predicted octanol–water partition coefficient (Wildman–Crippen LogP) is 1.69. The Morgan fingerprint density at radius 3 is 2.57 bits per heavy atom. The van der Waals surface area contributed by atoms with Crippen molar-refractivity contribution in [1.82, 2.24) is 14.5 Å². The molecule has 2 aromatic heterocycles. The molecule has 0 radical (unpaired) electrons. The van der Waals surface area contributed by atoms with Gasteiger partial charge in [-0.2, -0.15) is 0 Å². The zero-order valence-corrected chi connectivity index (χ0v) is 11.1. The average molecular weight is 281 g/mol. The van der Waals surface area contributed by atoms with Crippen LogP contribution in [0.2, 0.25) is 0 Å². The third-order valence-corrected chi connectivity index (χ3v) is 3.23. The highest BCUT2D eigenvalue weighted by Gasteiger charge is 2.12. The van der Waals surface area contributed by atoms with Gasteiger partial charge in [-0.3, -0.25) is 9.36 Å². The van der Waals surface area contributed by atoms with E-state index in [4.69, 9.17) is 5.11 Å². The lowest BCUT2D eigenvalue weighted by atomic mass is 10.1. The highest BCUT2D eigenvalue weighted by Crippen LogP contribution is 2.16. The monoisotopic (exact) mass is 281 g/mol. The third-order valence-electron chi connectivity index (χ3n) is 3.23. The van der Waals surface area contributed by atoms with Gasteiger partial charge < -0.3 is 5.11 Å². The van der Waals surface area contributed by atoms with Gasteiger partial charge in [-0.05, 0) is 24.3 Å². The first-order chi connectivity index (χ1) is 10.1. The number of aryl methyl sites for hydroxylation is 1. The van der Waals surface area contributed by atoms with Gasteiger partial charge >= 0.3 is 5.97 Å². The number of pyridine rings is 1. The molecule has 0 aliphatic rings. The molecule has 6 heteroatoms. The summed E-state index contributed by atoms with van der Waals surface area (Å²) >= 11 is 0. The van der Waals surface area contributed by atoms with Crippen molar-refractivity contribution < 1.29 is 9.90 Å². The first-order valence-corrected chi connectivity index (χ1v) is 6.23. The number of nitrogens with zero attached hydrogens (tertiary/aromatic N) is 3. The molecule has 104 valence electrons. The molecule has 21 heavy (non-hydrogen) atoms. The van der Waals surface area contributed by atoms with Crippen molar-refractivity contribution in [3.8, 4) is 11.3 Å². The Balaban J connectivity index is 2.22. The zero-order chi connectivity index (χ0) is 15.0. The number of carboxylic acid groups (broad SMARTS) is 1. The molecule has 1 N–H and O–H groups in total. The van der Waals surface area contributed by atoms with Crippen LogP contribution >= 0.6 is 0 Å². The van der Waals surface area contributed by atoms with E-state index in [1.54, 1.807) is 37.5 Å². The van der Waals surface area contributed by atoms with Gasteiger partial charge in [0.25, 0.3) is 5.56 Å². The molecule has 0 unspecified atom stereocenters. The van der Waals surface area contributed by atoms with Crippen LogP contribution in [0.3, 0.4) is 0 Å². The molecule has 2 heterocycles. The molecule has 0 saturated heterocycles. The average Bonchev–Trinajstić information content (AvgIpc) is 2.51. The van der Waals surface area contributed by atoms with Crippen LogP contribution in [-0.2, 0) is 7.05 Å². The van der Waals surface area contributed by atoms with Crippen LogP contribution in [-0.4, -0.2) is 25.6 Å². The van der Waals surface area contributed by atoms with E-state index in [1.807, 2.05) is 0 Å². The lowest BCUT2D eigenvalue weighted by molar-refractivity contribution is 0.0697. The Hall–Kier alpha value is -3.02. The van der Waals surface area contributed by atoms with Crippen LogP contribution in [0.25, 0.3) is 22.4 Å². The minimum absolute atomic E-state index is 0.165. The molecule has 0 saturated carbocycles. The van der Waals surface area contributed by atoms with Crippen molar-refractivity contribution in [3.05, 3.63) is 58.5 Å². The first-order valence-electron chi connectivity index (χ1n) is 6.23. The van der Waals surface area contributed by atoms with E-state index in [0.29, 0.717) is 16.7 Å². The maximum Gasteiger partial charge on any atom is 0.335 e. The van der Waals surface area contributed by atoms with Crippen molar-refractivity contribution in [1.29, 1.82) is 0 Å². The van der Waals surface area contributed by atoms with Gasteiger partial charge in [0, 0.05) is 18.8 Å². The second-order valence-corrected chi connectivity index (χ2v) is 4.55. The van der Waals surface area contributed by atoms with Gasteiger partial charge in [0.15, 0.2) is 5.65 Å². The summed E-state index contributed by atoms with van der Waals surface area (Å²) in [5.74, 6) is -1.01. The van der Waals surface area contributed by atoms with E-state index < -0.39 is 5.97 Å². The van der Waals surface area contributed by atoms with Crippen LogP contribution < -0.4 is 5.56 Å². The summed E-state index contributed by atoms with van der Waals surface area (Å²) in [7, 11) is 1.63. The zero-order valence-electron chi connectivity index (χ0n) is 11.1. The molecule has 3 aromatic rings. The molecule has 0 bridgehead atoms. The molecule has 0 amide bonds. The Kier molecular flexibility index (Phi) is 2.98. The van der Waals surface area contributed by atoms with Gasteiger partial charge in [0.1, 0.15) is 11.2 Å². The van der Waals surface area contributed by atoms with E-state index >= 15 is 0 Å². The van der Waals surface area contributed by atoms with Gasteiger partial charge in [-0.1, -0.05) is 12.1 Å². The van der Waals surface area contributed by atoms with Crippen LogP contribution in [0.15, 0.2) is 47.4 Å². The fourth-order valence-electron chi connectivity index (χ4n) is 2.12. The number of aromatic carboxylic acids is 1. The molecule has 0 aliphatic carbocycles. The fourth-order valence-corrected chi connectivity index (χ4v) is 2.12. The van der Waals surface area contributed by atoms with E-state index in [1.165, 1.54) is 16.7 Å². The number of carbonyl (C=O) groups is 1. The van der Waals surface area contributed by atoms with Crippen molar-refractivity contribution in [2.24, 2.45) is 7.05 Å². The molecule has 6 nitrogen and oxygen atoms in total. The maximum atomic E-state index is 12.3. The predicted molar refractivity (Wildman–Crippen MR) is 77.2 cm³/mol. The largest absolute Gasteiger partial charge is 0.478 e. The van der Waals surface area contributed by atoms with Crippen molar-refractivity contribution in [2.75, 3.05) is 0 Å². The second-order valence-electron chi connectivity index (χ2n) is 4.55. The molecular weight excluding hydrogens is 270 g/mol. The maximum absolute atomic E-state index is 12.3. The van der Waals surface area contributed by atoms with Crippen LogP contribution in [0.4, 0.5) is 0 Å². The van der Waals surface area contributed by atoms with Crippen LogP contribution in [0, 0.1) is 0 Å². The molecule has 1 aromatic carbocycles. The Labute approximate surface area is 119 Å². The van der Waals surface area contributed by atoms with Crippen molar-refractivity contribution >= 4 is 17.1 Å². The smallest absolute Gasteiger partial charge is 0.335 e. The topological polar surface area (TPSA) is 85.1 Å². The summed E-state index contributed by atoms with van der Waals surface area (Å²) in [4.78, 5) is 31.7. The van der Waals surface area contributed by atoms with E-state index in [2.05, 4.69) is 9.97 Å². The molecule has 0 spiro atoms. The number of carboxylic acids is 1. The SMILES string of the molecule is Cn1c(=O)c(-c2ccc(C(=O)O)cc2)nc2cccnc21. The fraction of sp³-hybridized carbons (Fsp3) is 0.0667. The number of aromatic nitrogens is 3. The normalized spacial score (nSPS) is 10.7. The molecule has 3 rings (SSSR count). The molecular formula is C15H11N3O3. The van der Waals surface area contributed by atoms with Crippen LogP contribution in [0.1, 0.15) is 10.4 Å². The van der Waals surface area contributed by atoms with Gasteiger partial charge in [-0.25, -0.2) is 14.8 Å². The summed E-state index contributed by atoms with van der Waals surface area (Å²) in [6, 6.07) is 9.58. The molecule has 0 aliphatic heterocycles. The second kappa shape index (κ2) is 4.82. The number of hydrogen-bond donors (Lipinski definition) is 1. The van der Waals surface area contributed by atoms with Crippen molar-refractivity contribution in [3.63, 3.8) is 0 Å². The minimum atomic E-state index is -1.01. The molecule has 0 fully saturated rings. The van der Waals surface area contributed by atoms with Gasteiger partial charge in [0.05, 0.1) is 5.56 Å². The summed E-state index contributed by atoms with van der Waals surface area (Å²) in [6.07, 6.45) is 1.60. The van der Waals surface area contributed by atoms with Crippen molar-refractivity contribution in [2.45, 2.75) is 0 Å². The Morgan fingerprint density at radius 2 is 1.90 bits per heavy atom. The number of rotatable bonds is 2. The van der Waals surface area contributed by atoms with E-state index in [-0.39, 0.29) is 16.8 Å². The Morgan fingerprint density at radius 1 is 1.19 bits per heavy atom. The summed E-state index contributed by atoms with van der Waals surface area (Å²) < 4.78 is 1.43. The van der Waals surface area contributed by atoms with Gasteiger partial charge in [0.2, 0.25) is 0 Å². The summed E-state index contributed by atoms with van der Waals surface area (Å²) in [5.41, 5.74) is 1.86. The number of benzene rings is 1. The lowest BCUT2D eigenvalue weighted by Crippen LogP contribution is -2.21. The van der Waals surface area contributed by atoms with Gasteiger partial charge in [-0.15, -0.1) is 0 Å². The Bertz CT molecular complexity index is 898. The first kappa shape index (κ1) is 13.0. The summed E-state index contributed by atoms with van der Waals surface area (Å²) in [5, 5.41) is 8.90. The van der Waals surface area contributed by atoms with Crippen LogP contribution in [0.5, 0.6) is 0 Å².